The number of carbonyl (C=O) groups excluding carboxylic acids is 1. The van der Waals surface area contributed by atoms with Crippen molar-refractivity contribution in [1.82, 2.24) is 15.3 Å². The van der Waals surface area contributed by atoms with E-state index >= 15 is 0 Å². The summed E-state index contributed by atoms with van der Waals surface area (Å²) >= 11 is 0. The van der Waals surface area contributed by atoms with Crippen LogP contribution in [0.2, 0.25) is 0 Å². The topological polar surface area (TPSA) is 107 Å². The zero-order valence-corrected chi connectivity index (χ0v) is 22.5. The number of hydrogen-bond acceptors (Lipinski definition) is 8. The van der Waals surface area contributed by atoms with Gasteiger partial charge in [-0.25, -0.2) is 9.37 Å². The Labute approximate surface area is 224 Å². The molecule has 3 N–H and O–H groups in total. The molecule has 210 valence electrons. The number of nitrogens with zero attached hydrogens (tertiary/aromatic N) is 2. The summed E-state index contributed by atoms with van der Waals surface area (Å²) in [6.07, 6.45) is -3.68. The minimum absolute atomic E-state index is 0.0760. The van der Waals surface area contributed by atoms with Gasteiger partial charge in [0, 0.05) is 19.4 Å². The summed E-state index contributed by atoms with van der Waals surface area (Å²) in [5.74, 6) is -1.84. The fourth-order valence-corrected chi connectivity index (χ4v) is 4.77. The van der Waals surface area contributed by atoms with Gasteiger partial charge >= 0.3 is 6.18 Å². The number of carbonyl (C=O) groups is 1. The van der Waals surface area contributed by atoms with Crippen LogP contribution in [0.4, 0.5) is 40.7 Å². The molecule has 0 saturated heterocycles. The van der Waals surface area contributed by atoms with Gasteiger partial charge in [0.1, 0.15) is 22.9 Å². The molecule has 0 fully saturated rings. The quantitative estimate of drug-likeness (QED) is 0.171. The molecule has 9 nitrogen and oxygen atoms in total. The summed E-state index contributed by atoms with van der Waals surface area (Å²) in [6.45, 7) is 4.77. The lowest BCUT2D eigenvalue weighted by Gasteiger charge is -2.18. The summed E-state index contributed by atoms with van der Waals surface area (Å²) in [7, 11) is 1.64. The van der Waals surface area contributed by atoms with Crippen molar-refractivity contribution >= 4 is 37.4 Å². The zero-order chi connectivity index (χ0) is 28.6. The third-order valence-corrected chi connectivity index (χ3v) is 6.89. The molecule has 0 aliphatic heterocycles. The average Bonchev–Trinajstić information content (AvgIpc) is 2.89. The van der Waals surface area contributed by atoms with Crippen LogP contribution in [0.25, 0.3) is 0 Å². The first-order valence-electron chi connectivity index (χ1n) is 11.8. The molecule has 39 heavy (non-hydrogen) atoms. The second-order valence-corrected chi connectivity index (χ2v) is 9.33. The van der Waals surface area contributed by atoms with Gasteiger partial charge in [-0.3, -0.25) is 4.79 Å². The van der Waals surface area contributed by atoms with Gasteiger partial charge in [-0.2, -0.15) is 18.2 Å². The van der Waals surface area contributed by atoms with Crippen LogP contribution in [0.3, 0.4) is 0 Å². The number of rotatable bonds is 12. The van der Waals surface area contributed by atoms with Gasteiger partial charge in [0.2, 0.25) is 5.95 Å². The molecule has 0 spiro atoms. The molecule has 1 amide bonds. The maximum atomic E-state index is 13.8. The standard InChI is InChI=1S/C25H28F4N5O4P/c1-5-37-39(38-6-2)14-15-7-9-20(21(11-15)36-4)33-24-31-13-18(25(27,28)29)22(34-24)32-19-10-8-16(26)12-17(19)23(35)30-3/h7-13H,5-6,14H2,1-4H3,(H,30,35)(H2,31,32,33,34). The van der Waals surface area contributed by atoms with Crippen molar-refractivity contribution in [3.05, 3.63) is 65.1 Å². The Morgan fingerprint density at radius 2 is 1.72 bits per heavy atom. The van der Waals surface area contributed by atoms with Gasteiger partial charge in [0.05, 0.1) is 37.3 Å². The minimum Gasteiger partial charge on any atom is -0.495 e. The van der Waals surface area contributed by atoms with Crippen molar-refractivity contribution in [3.63, 3.8) is 0 Å². The van der Waals surface area contributed by atoms with E-state index in [0.29, 0.717) is 37.0 Å². The van der Waals surface area contributed by atoms with E-state index in [4.69, 9.17) is 13.8 Å². The van der Waals surface area contributed by atoms with Gasteiger partial charge in [-0.15, -0.1) is 0 Å². The Kier molecular flexibility index (Phi) is 10.4. The summed E-state index contributed by atoms with van der Waals surface area (Å²) in [6, 6.07) is 8.30. The van der Waals surface area contributed by atoms with Crippen molar-refractivity contribution in [2.75, 3.05) is 38.0 Å². The van der Waals surface area contributed by atoms with Crippen molar-refractivity contribution in [2.45, 2.75) is 26.2 Å². The number of benzene rings is 2. The first kappa shape index (κ1) is 30.0. The largest absolute Gasteiger partial charge is 0.495 e. The number of halogens is 4. The van der Waals surface area contributed by atoms with Gasteiger partial charge in [-0.05, 0) is 49.7 Å². The highest BCUT2D eigenvalue weighted by Gasteiger charge is 2.35. The number of aromatic nitrogens is 2. The van der Waals surface area contributed by atoms with E-state index in [2.05, 4.69) is 25.9 Å². The number of amides is 1. The molecule has 14 heteroatoms. The van der Waals surface area contributed by atoms with Crippen LogP contribution in [0.1, 0.15) is 35.3 Å². The van der Waals surface area contributed by atoms with Crippen molar-refractivity contribution in [2.24, 2.45) is 0 Å². The fourth-order valence-electron chi connectivity index (χ4n) is 3.44. The number of ether oxygens (including phenoxy) is 1. The van der Waals surface area contributed by atoms with E-state index in [0.717, 1.165) is 23.8 Å². The van der Waals surface area contributed by atoms with Crippen LogP contribution in [-0.2, 0) is 21.4 Å². The number of hydrogen-bond donors (Lipinski definition) is 3. The molecule has 1 heterocycles. The Morgan fingerprint density at radius 1 is 1.03 bits per heavy atom. The van der Waals surface area contributed by atoms with Crippen LogP contribution in [0, 0.1) is 5.82 Å². The van der Waals surface area contributed by atoms with E-state index in [1.165, 1.54) is 14.2 Å². The van der Waals surface area contributed by atoms with E-state index in [9.17, 15) is 22.4 Å². The zero-order valence-electron chi connectivity index (χ0n) is 21.6. The number of methoxy groups -OCH3 is 1. The van der Waals surface area contributed by atoms with Crippen LogP contribution < -0.4 is 20.7 Å². The lowest BCUT2D eigenvalue weighted by molar-refractivity contribution is -0.137. The molecule has 0 saturated carbocycles. The Morgan fingerprint density at radius 3 is 2.33 bits per heavy atom. The maximum Gasteiger partial charge on any atom is 0.421 e. The first-order chi connectivity index (χ1) is 18.6. The van der Waals surface area contributed by atoms with Gasteiger partial charge < -0.3 is 29.7 Å². The van der Waals surface area contributed by atoms with E-state index in [1.807, 2.05) is 13.8 Å². The van der Waals surface area contributed by atoms with E-state index < -0.39 is 37.7 Å². The number of nitrogens with one attached hydrogen (secondary N) is 3. The molecule has 0 bridgehead atoms. The van der Waals surface area contributed by atoms with E-state index in [-0.39, 0.29) is 17.2 Å². The van der Waals surface area contributed by atoms with Crippen LogP contribution >= 0.6 is 8.38 Å². The summed E-state index contributed by atoms with van der Waals surface area (Å²) in [5, 5.41) is 7.69. The molecule has 2 aromatic carbocycles. The lowest BCUT2D eigenvalue weighted by Crippen LogP contribution is -2.20. The van der Waals surface area contributed by atoms with Crippen molar-refractivity contribution in [3.8, 4) is 5.75 Å². The highest BCUT2D eigenvalue weighted by atomic mass is 31.2. The summed E-state index contributed by atoms with van der Waals surface area (Å²) in [4.78, 5) is 20.0. The lowest BCUT2D eigenvalue weighted by atomic mass is 10.1. The summed E-state index contributed by atoms with van der Waals surface area (Å²) in [5.41, 5.74) is -0.179. The van der Waals surface area contributed by atoms with E-state index in [1.54, 1.807) is 18.2 Å². The van der Waals surface area contributed by atoms with Gasteiger partial charge in [-0.1, -0.05) is 6.07 Å². The smallest absolute Gasteiger partial charge is 0.421 e. The Balaban J connectivity index is 1.94. The Hall–Kier alpha value is -3.54. The first-order valence-corrected chi connectivity index (χ1v) is 13.2. The molecular weight excluding hydrogens is 541 g/mol. The Bertz CT molecular complexity index is 1290. The number of alkyl halides is 3. The van der Waals surface area contributed by atoms with Crippen LogP contribution in [0.15, 0.2) is 42.6 Å². The third kappa shape index (κ3) is 7.98. The molecule has 0 atom stereocenters. The highest BCUT2D eigenvalue weighted by Crippen LogP contribution is 2.43. The van der Waals surface area contributed by atoms with Crippen molar-refractivity contribution < 1.29 is 36.1 Å². The molecule has 1 aromatic heterocycles. The molecule has 0 radical (unpaired) electrons. The molecule has 0 aliphatic rings. The van der Waals surface area contributed by atoms with Gasteiger partial charge in [0.15, 0.2) is 8.38 Å². The normalized spacial score (nSPS) is 11.4. The molecule has 0 unspecified atom stereocenters. The fraction of sp³-hybridized carbons (Fsp3) is 0.320. The molecule has 0 aliphatic carbocycles. The molecule has 3 rings (SSSR count). The van der Waals surface area contributed by atoms with Crippen LogP contribution in [0.5, 0.6) is 5.75 Å². The maximum absolute atomic E-state index is 13.8. The second-order valence-electron chi connectivity index (χ2n) is 7.83. The SMILES string of the molecule is CCOP(Cc1ccc(Nc2ncc(C(F)(F)F)c(Nc3ccc(F)cc3C(=O)NC)n2)c(OC)c1)OCC. The number of anilines is 4. The van der Waals surface area contributed by atoms with Crippen LogP contribution in [-0.4, -0.2) is 43.2 Å². The minimum atomic E-state index is -4.81. The van der Waals surface area contributed by atoms with Gasteiger partial charge in [0.25, 0.3) is 5.91 Å². The predicted molar refractivity (Wildman–Crippen MR) is 140 cm³/mol. The third-order valence-electron chi connectivity index (χ3n) is 5.17. The van der Waals surface area contributed by atoms with Crippen molar-refractivity contribution in [1.29, 1.82) is 0 Å². The summed E-state index contributed by atoms with van der Waals surface area (Å²) < 4.78 is 71.8. The predicted octanol–water partition coefficient (Wildman–Crippen LogP) is 6.37. The molecular formula is C25H28F4N5O4P. The average molecular weight is 569 g/mol. The monoisotopic (exact) mass is 569 g/mol. The highest BCUT2D eigenvalue weighted by molar-refractivity contribution is 7.46. The second kappa shape index (κ2) is 13.5. The molecule has 3 aromatic rings.